The monoisotopic (exact) mass is 409 g/mol. The normalized spacial score (nSPS) is 20.9. The molecule has 0 aromatic heterocycles. The number of hydrogen-bond donors (Lipinski definition) is 0. The van der Waals surface area contributed by atoms with Crippen molar-refractivity contribution in [1.29, 1.82) is 0 Å². The maximum absolute atomic E-state index is 12.8. The first-order valence-electron chi connectivity index (χ1n) is 9.52. The van der Waals surface area contributed by atoms with Gasteiger partial charge in [-0.15, -0.1) is 0 Å². The van der Waals surface area contributed by atoms with Crippen LogP contribution in [0.25, 0.3) is 0 Å². The van der Waals surface area contributed by atoms with Crippen molar-refractivity contribution in [3.63, 3.8) is 0 Å². The molecule has 0 spiro atoms. The summed E-state index contributed by atoms with van der Waals surface area (Å²) in [5, 5.41) is 0. The van der Waals surface area contributed by atoms with Crippen LogP contribution < -0.4 is 0 Å². The highest BCUT2D eigenvalue weighted by Gasteiger charge is 2.29. The first-order valence-corrected chi connectivity index (χ1v) is 11.0. The molecule has 154 valence electrons. The van der Waals surface area contributed by atoms with E-state index in [0.717, 1.165) is 19.4 Å². The SMILES string of the molecule is CC(=O)N1CCN(S(=O)(=O)c2ccc(C(=O)N(C)CC3CCCO3)cc2)CC1. The first kappa shape index (κ1) is 20.8. The topological polar surface area (TPSA) is 87.2 Å². The van der Waals surface area contributed by atoms with Crippen molar-refractivity contribution in [2.24, 2.45) is 0 Å². The fourth-order valence-electron chi connectivity index (χ4n) is 3.56. The van der Waals surface area contributed by atoms with Crippen LogP contribution in [-0.4, -0.2) is 86.8 Å². The summed E-state index contributed by atoms with van der Waals surface area (Å²) < 4.78 is 32.6. The van der Waals surface area contributed by atoms with Crippen molar-refractivity contribution in [2.75, 3.05) is 46.4 Å². The summed E-state index contributed by atoms with van der Waals surface area (Å²) >= 11 is 0. The standard InChI is InChI=1S/C19H27N3O5S/c1-15(23)21-9-11-22(12-10-21)28(25,26)18-7-5-16(6-8-18)19(24)20(2)14-17-4-3-13-27-17/h5-8,17H,3-4,9-14H2,1-2H3. The molecule has 1 aromatic rings. The van der Waals surface area contributed by atoms with E-state index in [9.17, 15) is 18.0 Å². The van der Waals surface area contributed by atoms with Gasteiger partial charge in [0.25, 0.3) is 5.91 Å². The van der Waals surface area contributed by atoms with Crippen molar-refractivity contribution in [3.8, 4) is 0 Å². The lowest BCUT2D eigenvalue weighted by molar-refractivity contribution is -0.129. The molecule has 0 saturated carbocycles. The Balaban J connectivity index is 1.64. The van der Waals surface area contributed by atoms with E-state index in [-0.39, 0.29) is 35.9 Å². The molecule has 2 fully saturated rings. The molecule has 2 aliphatic rings. The van der Waals surface area contributed by atoms with Crippen LogP contribution in [-0.2, 0) is 19.6 Å². The average molecular weight is 410 g/mol. The highest BCUT2D eigenvalue weighted by Crippen LogP contribution is 2.19. The van der Waals surface area contributed by atoms with E-state index in [1.165, 1.54) is 23.4 Å². The Hall–Kier alpha value is -1.97. The second-order valence-corrected chi connectivity index (χ2v) is 9.19. The minimum atomic E-state index is -3.64. The van der Waals surface area contributed by atoms with E-state index in [2.05, 4.69) is 0 Å². The van der Waals surface area contributed by atoms with E-state index in [4.69, 9.17) is 4.74 Å². The largest absolute Gasteiger partial charge is 0.376 e. The lowest BCUT2D eigenvalue weighted by Crippen LogP contribution is -2.49. The summed E-state index contributed by atoms with van der Waals surface area (Å²) in [6.45, 7) is 4.06. The molecule has 2 heterocycles. The number of sulfonamides is 1. The molecular formula is C19H27N3O5S. The Morgan fingerprint density at radius 2 is 1.79 bits per heavy atom. The molecule has 1 unspecified atom stereocenters. The maximum Gasteiger partial charge on any atom is 0.253 e. The molecule has 28 heavy (non-hydrogen) atoms. The molecule has 8 nitrogen and oxygen atoms in total. The molecule has 0 bridgehead atoms. The van der Waals surface area contributed by atoms with Gasteiger partial charge >= 0.3 is 0 Å². The molecule has 0 N–H and O–H groups in total. The number of amides is 2. The number of rotatable bonds is 5. The van der Waals surface area contributed by atoms with Crippen LogP contribution in [0.5, 0.6) is 0 Å². The van der Waals surface area contributed by atoms with E-state index in [1.807, 2.05) is 0 Å². The van der Waals surface area contributed by atoms with Crippen molar-refractivity contribution >= 4 is 21.8 Å². The molecule has 0 aliphatic carbocycles. The summed E-state index contributed by atoms with van der Waals surface area (Å²) in [6.07, 6.45) is 2.04. The average Bonchev–Trinajstić information content (AvgIpc) is 3.20. The molecule has 3 rings (SSSR count). The minimum Gasteiger partial charge on any atom is -0.376 e. The summed E-state index contributed by atoms with van der Waals surface area (Å²) in [6, 6.07) is 6.04. The van der Waals surface area contributed by atoms with E-state index < -0.39 is 10.0 Å². The molecule has 2 aliphatic heterocycles. The van der Waals surface area contributed by atoms with Gasteiger partial charge in [0.05, 0.1) is 11.0 Å². The van der Waals surface area contributed by atoms with Gasteiger partial charge in [-0.2, -0.15) is 4.31 Å². The van der Waals surface area contributed by atoms with Crippen LogP contribution in [0.1, 0.15) is 30.1 Å². The Morgan fingerprint density at radius 3 is 2.32 bits per heavy atom. The van der Waals surface area contributed by atoms with Gasteiger partial charge in [-0.3, -0.25) is 9.59 Å². The zero-order valence-corrected chi connectivity index (χ0v) is 17.2. The molecule has 1 aromatic carbocycles. The van der Waals surface area contributed by atoms with Gasteiger partial charge < -0.3 is 14.5 Å². The minimum absolute atomic E-state index is 0.0490. The van der Waals surface area contributed by atoms with Gasteiger partial charge in [0, 0.05) is 58.9 Å². The summed E-state index contributed by atoms with van der Waals surface area (Å²) in [5.41, 5.74) is 0.445. The highest BCUT2D eigenvalue weighted by molar-refractivity contribution is 7.89. The number of benzene rings is 1. The van der Waals surface area contributed by atoms with Gasteiger partial charge in [-0.25, -0.2) is 8.42 Å². The number of carbonyl (C=O) groups excluding carboxylic acids is 2. The number of hydrogen-bond acceptors (Lipinski definition) is 5. The smallest absolute Gasteiger partial charge is 0.253 e. The molecule has 2 saturated heterocycles. The third kappa shape index (κ3) is 4.53. The fourth-order valence-corrected chi connectivity index (χ4v) is 4.98. The third-order valence-corrected chi connectivity index (χ3v) is 7.18. The zero-order chi connectivity index (χ0) is 20.3. The molecule has 9 heteroatoms. The number of piperazine rings is 1. The molecule has 0 radical (unpaired) electrons. The van der Waals surface area contributed by atoms with Crippen molar-refractivity contribution in [1.82, 2.24) is 14.1 Å². The van der Waals surface area contributed by atoms with Gasteiger partial charge in [-0.05, 0) is 37.1 Å². The predicted octanol–water partition coefficient (Wildman–Crippen LogP) is 0.790. The number of ether oxygens (including phenoxy) is 1. The van der Waals surface area contributed by atoms with E-state index in [0.29, 0.717) is 25.2 Å². The van der Waals surface area contributed by atoms with Crippen molar-refractivity contribution in [2.45, 2.75) is 30.8 Å². The van der Waals surface area contributed by atoms with E-state index >= 15 is 0 Å². The number of likely N-dealkylation sites (N-methyl/N-ethyl adjacent to an activating group) is 1. The van der Waals surface area contributed by atoms with Gasteiger partial charge in [0.15, 0.2) is 0 Å². The van der Waals surface area contributed by atoms with Gasteiger partial charge in [-0.1, -0.05) is 0 Å². The Morgan fingerprint density at radius 1 is 1.14 bits per heavy atom. The number of nitrogens with zero attached hydrogens (tertiary/aromatic N) is 3. The Labute approximate surface area is 166 Å². The fraction of sp³-hybridized carbons (Fsp3) is 0.579. The van der Waals surface area contributed by atoms with Gasteiger partial charge in [0.2, 0.25) is 15.9 Å². The second kappa shape index (κ2) is 8.59. The summed E-state index contributed by atoms with van der Waals surface area (Å²) in [7, 11) is -1.92. The number of carbonyl (C=O) groups is 2. The highest BCUT2D eigenvalue weighted by atomic mass is 32.2. The van der Waals surface area contributed by atoms with Gasteiger partial charge in [0.1, 0.15) is 0 Å². The second-order valence-electron chi connectivity index (χ2n) is 7.26. The van der Waals surface area contributed by atoms with Crippen molar-refractivity contribution < 1.29 is 22.7 Å². The van der Waals surface area contributed by atoms with E-state index in [1.54, 1.807) is 29.0 Å². The van der Waals surface area contributed by atoms with Crippen molar-refractivity contribution in [3.05, 3.63) is 29.8 Å². The van der Waals surface area contributed by atoms with Crippen LogP contribution in [0.2, 0.25) is 0 Å². The maximum atomic E-state index is 12.8. The van der Waals surface area contributed by atoms with Crippen LogP contribution in [0.3, 0.4) is 0 Å². The van der Waals surface area contributed by atoms with Crippen LogP contribution in [0.4, 0.5) is 0 Å². The lowest BCUT2D eigenvalue weighted by atomic mass is 10.2. The third-order valence-electron chi connectivity index (χ3n) is 5.27. The molecule has 1 atom stereocenters. The Kier molecular flexibility index (Phi) is 6.36. The lowest BCUT2D eigenvalue weighted by Gasteiger charge is -2.33. The Bertz CT molecular complexity index is 810. The quantitative estimate of drug-likeness (QED) is 0.718. The van der Waals surface area contributed by atoms with Crippen LogP contribution in [0, 0.1) is 0 Å². The van der Waals surface area contributed by atoms with Crippen LogP contribution >= 0.6 is 0 Å². The first-order chi connectivity index (χ1) is 13.3. The molecular weight excluding hydrogens is 382 g/mol. The molecule has 2 amide bonds. The summed E-state index contributed by atoms with van der Waals surface area (Å²) in [4.78, 5) is 27.4. The predicted molar refractivity (Wildman–Crippen MR) is 103 cm³/mol. The zero-order valence-electron chi connectivity index (χ0n) is 16.3. The van der Waals surface area contributed by atoms with Crippen LogP contribution in [0.15, 0.2) is 29.2 Å². The summed E-state index contributed by atoms with van der Waals surface area (Å²) in [5.74, 6) is -0.207.